The molecule has 0 amide bonds. The van der Waals surface area contributed by atoms with E-state index in [0.29, 0.717) is 0 Å². The third-order valence-electron chi connectivity index (χ3n) is 4.08. The largest absolute Gasteiger partial charge is 0.418 e. The maximum absolute atomic E-state index is 13.7. The van der Waals surface area contributed by atoms with Gasteiger partial charge in [0, 0.05) is 12.2 Å². The standard InChI is InChI=1S/C16H11F5N2O/c17-11-2-1-8(5-9(11)7-22)13-6-10(16(19,20)21)14-15(24)12(18)3-4-23(13)14/h1-2,5-6,12,15,24H,3-4H2. The average Bonchev–Trinajstić information content (AvgIpc) is 2.92. The van der Waals surface area contributed by atoms with Crippen molar-refractivity contribution in [3.05, 3.63) is 46.9 Å². The number of nitrogens with zero attached hydrogens (tertiary/aromatic N) is 2. The van der Waals surface area contributed by atoms with E-state index in [1.165, 1.54) is 10.6 Å². The molecule has 3 nitrogen and oxygen atoms in total. The van der Waals surface area contributed by atoms with Gasteiger partial charge in [-0.3, -0.25) is 0 Å². The van der Waals surface area contributed by atoms with E-state index in [-0.39, 0.29) is 29.8 Å². The average molecular weight is 342 g/mol. The number of halogens is 5. The molecular weight excluding hydrogens is 331 g/mol. The summed E-state index contributed by atoms with van der Waals surface area (Å²) in [4.78, 5) is 0. The molecule has 1 N–H and O–H groups in total. The summed E-state index contributed by atoms with van der Waals surface area (Å²) in [7, 11) is 0. The van der Waals surface area contributed by atoms with Crippen LogP contribution in [0.2, 0.25) is 0 Å². The van der Waals surface area contributed by atoms with E-state index in [9.17, 15) is 27.1 Å². The zero-order chi connectivity index (χ0) is 17.6. The third-order valence-corrected chi connectivity index (χ3v) is 4.08. The van der Waals surface area contributed by atoms with Crippen molar-refractivity contribution in [1.29, 1.82) is 5.26 Å². The van der Waals surface area contributed by atoms with Gasteiger partial charge in [-0.1, -0.05) is 0 Å². The number of nitriles is 1. The first-order valence-electron chi connectivity index (χ1n) is 7.07. The van der Waals surface area contributed by atoms with Gasteiger partial charge in [0.2, 0.25) is 0 Å². The molecule has 2 unspecified atom stereocenters. The van der Waals surface area contributed by atoms with Crippen LogP contribution in [0.3, 0.4) is 0 Å². The van der Waals surface area contributed by atoms with Gasteiger partial charge in [-0.25, -0.2) is 8.78 Å². The number of aromatic nitrogens is 1. The van der Waals surface area contributed by atoms with Crippen molar-refractivity contribution >= 4 is 0 Å². The second kappa shape index (κ2) is 5.60. The Bertz CT molecular complexity index is 834. The van der Waals surface area contributed by atoms with Gasteiger partial charge in [-0.2, -0.15) is 18.4 Å². The van der Waals surface area contributed by atoms with Gasteiger partial charge in [0.25, 0.3) is 0 Å². The van der Waals surface area contributed by atoms with Crippen LogP contribution in [0, 0.1) is 17.1 Å². The molecule has 0 bridgehead atoms. The van der Waals surface area contributed by atoms with E-state index in [1.54, 1.807) is 6.07 Å². The van der Waals surface area contributed by atoms with E-state index in [1.807, 2.05) is 0 Å². The Balaban J connectivity index is 2.24. The topological polar surface area (TPSA) is 49.0 Å². The molecular formula is C16H11F5N2O. The van der Waals surface area contributed by atoms with Crippen molar-refractivity contribution in [2.24, 2.45) is 0 Å². The fourth-order valence-electron chi connectivity index (χ4n) is 2.94. The van der Waals surface area contributed by atoms with E-state index in [0.717, 1.165) is 18.2 Å². The molecule has 2 atom stereocenters. The fourth-order valence-corrected chi connectivity index (χ4v) is 2.94. The quantitative estimate of drug-likeness (QED) is 0.798. The number of aliphatic hydroxyl groups excluding tert-OH is 1. The first kappa shape index (κ1) is 16.5. The number of rotatable bonds is 1. The Morgan fingerprint density at radius 3 is 2.58 bits per heavy atom. The maximum atomic E-state index is 13.7. The zero-order valence-electron chi connectivity index (χ0n) is 12.1. The molecule has 3 rings (SSSR count). The highest BCUT2D eigenvalue weighted by Gasteiger charge is 2.42. The van der Waals surface area contributed by atoms with E-state index >= 15 is 0 Å². The summed E-state index contributed by atoms with van der Waals surface area (Å²) in [5.74, 6) is -0.786. The molecule has 0 saturated carbocycles. The molecule has 0 aliphatic carbocycles. The van der Waals surface area contributed by atoms with Crippen molar-refractivity contribution in [1.82, 2.24) is 4.57 Å². The molecule has 1 aromatic heterocycles. The predicted octanol–water partition coefficient (Wildman–Crippen LogP) is 3.96. The lowest BCUT2D eigenvalue weighted by atomic mass is 10.0. The smallest absolute Gasteiger partial charge is 0.384 e. The minimum Gasteiger partial charge on any atom is -0.384 e. The Labute approximate surface area is 133 Å². The monoisotopic (exact) mass is 342 g/mol. The molecule has 1 aliphatic heterocycles. The lowest BCUT2D eigenvalue weighted by Crippen LogP contribution is -2.28. The summed E-state index contributed by atoms with van der Waals surface area (Å²) in [5.41, 5.74) is -1.74. The molecule has 1 aliphatic rings. The van der Waals surface area contributed by atoms with Gasteiger partial charge in [-0.15, -0.1) is 0 Å². The van der Waals surface area contributed by atoms with Crippen LogP contribution in [-0.4, -0.2) is 15.8 Å². The van der Waals surface area contributed by atoms with Crippen LogP contribution in [-0.2, 0) is 12.7 Å². The lowest BCUT2D eigenvalue weighted by Gasteiger charge is -2.27. The summed E-state index contributed by atoms with van der Waals surface area (Å²) >= 11 is 0. The van der Waals surface area contributed by atoms with Crippen LogP contribution in [0.15, 0.2) is 24.3 Å². The minimum atomic E-state index is -4.77. The number of benzene rings is 1. The lowest BCUT2D eigenvalue weighted by molar-refractivity contribution is -0.140. The van der Waals surface area contributed by atoms with E-state index in [4.69, 9.17) is 5.26 Å². The minimum absolute atomic E-state index is 0.0553. The summed E-state index contributed by atoms with van der Waals surface area (Å²) in [6, 6.07) is 5.78. The van der Waals surface area contributed by atoms with E-state index in [2.05, 4.69) is 0 Å². The van der Waals surface area contributed by atoms with Gasteiger partial charge in [0.05, 0.1) is 16.8 Å². The Hall–Kier alpha value is -2.40. The van der Waals surface area contributed by atoms with Gasteiger partial charge in [0.15, 0.2) is 0 Å². The Morgan fingerprint density at radius 2 is 1.96 bits per heavy atom. The molecule has 1 aromatic carbocycles. The molecule has 0 saturated heterocycles. The molecule has 2 heterocycles. The molecule has 0 fully saturated rings. The van der Waals surface area contributed by atoms with Gasteiger partial charge in [-0.05, 0) is 36.2 Å². The second-order valence-electron chi connectivity index (χ2n) is 5.53. The van der Waals surface area contributed by atoms with Crippen LogP contribution in [0.4, 0.5) is 22.0 Å². The van der Waals surface area contributed by atoms with Crippen molar-refractivity contribution in [3.8, 4) is 17.3 Å². The highest BCUT2D eigenvalue weighted by Crippen LogP contribution is 2.43. The fraction of sp³-hybridized carbons (Fsp3) is 0.312. The van der Waals surface area contributed by atoms with Crippen LogP contribution >= 0.6 is 0 Å². The SMILES string of the molecule is N#Cc1cc(-c2cc(C(F)(F)F)c3n2CCC(F)C3O)ccc1F. The molecule has 24 heavy (non-hydrogen) atoms. The van der Waals surface area contributed by atoms with Crippen molar-refractivity contribution in [2.45, 2.75) is 31.4 Å². The third kappa shape index (κ3) is 2.55. The molecule has 0 spiro atoms. The summed E-state index contributed by atoms with van der Waals surface area (Å²) < 4.78 is 68.1. The summed E-state index contributed by atoms with van der Waals surface area (Å²) in [5, 5.41) is 18.7. The van der Waals surface area contributed by atoms with Gasteiger partial charge < -0.3 is 9.67 Å². The molecule has 2 aromatic rings. The van der Waals surface area contributed by atoms with Crippen molar-refractivity contribution in [2.75, 3.05) is 0 Å². The maximum Gasteiger partial charge on any atom is 0.418 e. The second-order valence-corrected chi connectivity index (χ2v) is 5.53. The first-order valence-corrected chi connectivity index (χ1v) is 7.07. The normalized spacial score (nSPS) is 20.5. The number of alkyl halides is 4. The molecule has 126 valence electrons. The number of hydrogen-bond donors (Lipinski definition) is 1. The van der Waals surface area contributed by atoms with Crippen LogP contribution in [0.1, 0.15) is 29.3 Å². The van der Waals surface area contributed by atoms with Crippen LogP contribution < -0.4 is 0 Å². The highest BCUT2D eigenvalue weighted by molar-refractivity contribution is 5.65. The van der Waals surface area contributed by atoms with Crippen molar-refractivity contribution in [3.63, 3.8) is 0 Å². The van der Waals surface area contributed by atoms with Crippen LogP contribution in [0.25, 0.3) is 11.3 Å². The van der Waals surface area contributed by atoms with Gasteiger partial charge >= 0.3 is 6.18 Å². The Kier molecular flexibility index (Phi) is 3.84. The zero-order valence-corrected chi connectivity index (χ0v) is 12.1. The predicted molar refractivity (Wildman–Crippen MR) is 74.0 cm³/mol. The van der Waals surface area contributed by atoms with Crippen LogP contribution in [0.5, 0.6) is 0 Å². The summed E-state index contributed by atoms with van der Waals surface area (Å²) in [6.45, 7) is -0.0573. The summed E-state index contributed by atoms with van der Waals surface area (Å²) in [6.07, 6.45) is -8.59. The number of hydrogen-bond acceptors (Lipinski definition) is 2. The highest BCUT2D eigenvalue weighted by atomic mass is 19.4. The van der Waals surface area contributed by atoms with Crippen molar-refractivity contribution < 1.29 is 27.1 Å². The molecule has 8 heteroatoms. The Morgan fingerprint density at radius 1 is 1.25 bits per heavy atom. The number of fused-ring (bicyclic) bond motifs is 1. The van der Waals surface area contributed by atoms with Gasteiger partial charge in [0.1, 0.15) is 24.2 Å². The first-order chi connectivity index (χ1) is 11.2. The van der Waals surface area contributed by atoms with E-state index < -0.39 is 35.5 Å². The molecule has 0 radical (unpaired) electrons. The number of aliphatic hydroxyl groups is 1.